The van der Waals surface area contributed by atoms with Crippen LogP contribution in [-0.4, -0.2) is 62.9 Å². The third kappa shape index (κ3) is 2.66. The minimum Gasteiger partial charge on any atom is -0.511 e. The number of hydrogen-bond acceptors (Lipinski definition) is 8. The van der Waals surface area contributed by atoms with Crippen molar-refractivity contribution in [2.24, 2.45) is 23.5 Å². The highest BCUT2D eigenvalue weighted by molar-refractivity contribution is 6.22. The van der Waals surface area contributed by atoms with Crippen molar-refractivity contribution < 1.29 is 34.8 Å². The highest BCUT2D eigenvalue weighted by Gasteiger charge is 2.58. The fraction of sp³-hybridized carbons (Fsp3) is 0.409. The van der Waals surface area contributed by atoms with Crippen LogP contribution in [0.25, 0.3) is 0 Å². The molecule has 1 aromatic rings. The smallest absolute Gasteiger partial charge is 0.255 e. The third-order valence-corrected chi connectivity index (χ3v) is 6.87. The van der Waals surface area contributed by atoms with Gasteiger partial charge in [0.2, 0.25) is 0 Å². The molecule has 3 aliphatic carbocycles. The molecule has 5 atom stereocenters. The van der Waals surface area contributed by atoms with E-state index in [2.05, 4.69) is 0 Å². The van der Waals surface area contributed by atoms with Gasteiger partial charge in [0, 0.05) is 11.5 Å². The van der Waals surface area contributed by atoms with Crippen molar-refractivity contribution in [2.45, 2.75) is 25.0 Å². The molecule has 0 aliphatic heterocycles. The van der Waals surface area contributed by atoms with E-state index in [1.165, 1.54) is 25.1 Å². The van der Waals surface area contributed by atoms with Gasteiger partial charge in [-0.15, -0.1) is 0 Å². The number of aliphatic hydroxyl groups excluding tert-OH is 2. The molecular weight excluding hydrogens is 404 g/mol. The molecular formula is C22H24N2O7. The quantitative estimate of drug-likeness (QED) is 0.429. The first kappa shape index (κ1) is 21.1. The van der Waals surface area contributed by atoms with Crippen molar-refractivity contribution in [2.75, 3.05) is 14.1 Å². The number of aliphatic hydroxyl groups is 3. The molecule has 0 heterocycles. The Labute approximate surface area is 178 Å². The van der Waals surface area contributed by atoms with E-state index in [0.717, 1.165) is 0 Å². The largest absolute Gasteiger partial charge is 0.511 e. The number of primary amides is 1. The molecule has 9 heteroatoms. The SMILES string of the molecule is CN(C)[C@@H]1C(O)=C(C(N)=O)C(=O)C2C(O)=C3C(=O)c4c(O)cccc4[C@@](C)(O)[C@H]3C[C@H]21. The Morgan fingerprint density at radius 2 is 1.81 bits per heavy atom. The summed E-state index contributed by atoms with van der Waals surface area (Å²) < 4.78 is 0. The number of phenolic OH excluding ortho intramolecular Hbond substituents is 1. The van der Waals surface area contributed by atoms with Gasteiger partial charge in [0.15, 0.2) is 11.6 Å². The van der Waals surface area contributed by atoms with Gasteiger partial charge in [-0.25, -0.2) is 0 Å². The second-order valence-corrected chi connectivity index (χ2v) is 8.80. The molecule has 164 valence electrons. The number of carbonyl (C=O) groups excluding carboxylic acids is 3. The number of aromatic hydroxyl groups is 1. The fourth-order valence-corrected chi connectivity index (χ4v) is 5.52. The van der Waals surface area contributed by atoms with Gasteiger partial charge in [0.05, 0.1) is 23.1 Å². The molecule has 0 spiro atoms. The first-order valence-electron chi connectivity index (χ1n) is 9.87. The zero-order valence-electron chi connectivity index (χ0n) is 17.3. The Balaban J connectivity index is 1.99. The number of fused-ring (bicyclic) bond motifs is 3. The topological polar surface area (TPSA) is 161 Å². The summed E-state index contributed by atoms with van der Waals surface area (Å²) >= 11 is 0. The van der Waals surface area contributed by atoms with Crippen LogP contribution in [0.1, 0.15) is 29.3 Å². The average molecular weight is 428 g/mol. The number of nitrogens with zero attached hydrogens (tertiary/aromatic N) is 1. The van der Waals surface area contributed by atoms with Gasteiger partial charge in [0.25, 0.3) is 5.91 Å². The van der Waals surface area contributed by atoms with E-state index in [9.17, 15) is 34.8 Å². The Hall–Kier alpha value is -3.17. The lowest BCUT2D eigenvalue weighted by atomic mass is 9.57. The predicted octanol–water partition coefficient (Wildman–Crippen LogP) is 0.671. The summed E-state index contributed by atoms with van der Waals surface area (Å²) in [7, 11) is 3.28. The Morgan fingerprint density at radius 1 is 1.16 bits per heavy atom. The molecule has 3 aliphatic rings. The van der Waals surface area contributed by atoms with E-state index < -0.39 is 64.0 Å². The van der Waals surface area contributed by atoms with E-state index in [1.807, 2.05) is 0 Å². The summed E-state index contributed by atoms with van der Waals surface area (Å²) in [5.74, 6) is -6.99. The number of allylic oxidation sites excluding steroid dienone is 1. The number of amides is 1. The van der Waals surface area contributed by atoms with Gasteiger partial charge in [-0.2, -0.15) is 0 Å². The zero-order chi connectivity index (χ0) is 23.0. The summed E-state index contributed by atoms with van der Waals surface area (Å²) in [4.78, 5) is 39.9. The molecule has 9 nitrogen and oxygen atoms in total. The average Bonchev–Trinajstić information content (AvgIpc) is 2.65. The second-order valence-electron chi connectivity index (χ2n) is 8.80. The van der Waals surface area contributed by atoms with E-state index in [-0.39, 0.29) is 28.9 Å². The fourth-order valence-electron chi connectivity index (χ4n) is 5.52. The number of nitrogens with two attached hydrogens (primary N) is 1. The van der Waals surface area contributed by atoms with Gasteiger partial charge >= 0.3 is 0 Å². The van der Waals surface area contributed by atoms with Crippen molar-refractivity contribution in [3.63, 3.8) is 0 Å². The lowest BCUT2D eigenvalue weighted by Crippen LogP contribution is -2.55. The summed E-state index contributed by atoms with van der Waals surface area (Å²) in [6, 6.07) is 3.50. The van der Waals surface area contributed by atoms with Gasteiger partial charge in [-0.05, 0) is 45.0 Å². The number of carbonyl (C=O) groups is 3. The Bertz CT molecular complexity index is 1100. The molecule has 4 rings (SSSR count). The molecule has 0 bridgehead atoms. The minimum absolute atomic E-state index is 0.0720. The number of ketones is 2. The third-order valence-electron chi connectivity index (χ3n) is 6.87. The molecule has 0 saturated heterocycles. The van der Waals surface area contributed by atoms with Gasteiger partial charge in [0.1, 0.15) is 22.8 Å². The molecule has 0 fully saturated rings. The van der Waals surface area contributed by atoms with E-state index in [4.69, 9.17) is 5.73 Å². The number of likely N-dealkylation sites (N-methyl/N-ethyl adjacent to an activating group) is 1. The lowest BCUT2D eigenvalue weighted by Gasteiger charge is -2.49. The molecule has 0 radical (unpaired) electrons. The van der Waals surface area contributed by atoms with Crippen molar-refractivity contribution >= 4 is 17.5 Å². The van der Waals surface area contributed by atoms with Crippen LogP contribution >= 0.6 is 0 Å². The molecule has 1 unspecified atom stereocenters. The summed E-state index contributed by atoms with van der Waals surface area (Å²) in [5.41, 5.74) is 3.00. The number of benzene rings is 1. The number of rotatable bonds is 2. The molecule has 0 aromatic heterocycles. The maximum Gasteiger partial charge on any atom is 0.255 e. The van der Waals surface area contributed by atoms with Crippen LogP contribution in [0, 0.1) is 17.8 Å². The predicted molar refractivity (Wildman–Crippen MR) is 108 cm³/mol. The van der Waals surface area contributed by atoms with Crippen molar-refractivity contribution in [1.82, 2.24) is 4.90 Å². The molecule has 1 amide bonds. The van der Waals surface area contributed by atoms with Crippen LogP contribution in [0.2, 0.25) is 0 Å². The summed E-state index contributed by atoms with van der Waals surface area (Å²) in [5, 5.41) is 43.5. The first-order chi connectivity index (χ1) is 14.4. The minimum atomic E-state index is -1.64. The summed E-state index contributed by atoms with van der Waals surface area (Å²) in [6.45, 7) is 1.48. The number of phenols is 1. The van der Waals surface area contributed by atoms with Crippen LogP contribution in [0.15, 0.2) is 40.9 Å². The van der Waals surface area contributed by atoms with Gasteiger partial charge < -0.3 is 26.2 Å². The summed E-state index contributed by atoms with van der Waals surface area (Å²) in [6.07, 6.45) is 0.0720. The van der Waals surface area contributed by atoms with Gasteiger partial charge in [-0.3, -0.25) is 19.3 Å². The van der Waals surface area contributed by atoms with Crippen LogP contribution in [-0.2, 0) is 15.2 Å². The van der Waals surface area contributed by atoms with E-state index >= 15 is 0 Å². The van der Waals surface area contributed by atoms with Crippen LogP contribution < -0.4 is 5.73 Å². The normalized spacial score (nSPS) is 32.7. The van der Waals surface area contributed by atoms with Crippen LogP contribution in [0.4, 0.5) is 0 Å². The molecule has 31 heavy (non-hydrogen) atoms. The van der Waals surface area contributed by atoms with Gasteiger partial charge in [-0.1, -0.05) is 12.1 Å². The molecule has 1 aromatic carbocycles. The number of hydrogen-bond donors (Lipinski definition) is 5. The maximum atomic E-state index is 13.3. The monoisotopic (exact) mass is 428 g/mol. The highest BCUT2D eigenvalue weighted by atomic mass is 16.3. The Kier molecular flexibility index (Phi) is 4.53. The Morgan fingerprint density at radius 3 is 2.39 bits per heavy atom. The van der Waals surface area contributed by atoms with Crippen molar-refractivity contribution in [3.8, 4) is 5.75 Å². The molecule has 6 N–H and O–H groups in total. The van der Waals surface area contributed by atoms with Crippen molar-refractivity contribution in [1.29, 1.82) is 0 Å². The standard InChI is InChI=1S/C22H24N2O7/c1-22(31)9-5-4-6-11(25)13(9)19(28)14-10(22)7-8-12(17(14)26)18(27)15(21(23)30)20(29)16(8)24(2)3/h4-6,8,10,12,16,25-26,29,31H,7H2,1-3H3,(H2,23,30)/t8-,10+,12?,16+,22-/m1/s1. The van der Waals surface area contributed by atoms with Crippen molar-refractivity contribution in [3.05, 3.63) is 52.0 Å². The van der Waals surface area contributed by atoms with E-state index in [0.29, 0.717) is 0 Å². The first-order valence-corrected chi connectivity index (χ1v) is 9.87. The maximum absolute atomic E-state index is 13.3. The molecule has 0 saturated carbocycles. The lowest BCUT2D eigenvalue weighted by molar-refractivity contribution is -0.128. The second kappa shape index (κ2) is 6.66. The van der Waals surface area contributed by atoms with Crippen LogP contribution in [0.5, 0.6) is 5.75 Å². The van der Waals surface area contributed by atoms with Crippen LogP contribution in [0.3, 0.4) is 0 Å². The van der Waals surface area contributed by atoms with E-state index in [1.54, 1.807) is 19.0 Å². The zero-order valence-corrected chi connectivity index (χ0v) is 17.3. The highest BCUT2D eigenvalue weighted by Crippen LogP contribution is 2.55. The number of Topliss-reactive ketones (excluding diaryl/α,β-unsaturated/α-hetero) is 2.